The number of alkyl halides is 1. The van der Waals surface area contributed by atoms with Crippen LogP contribution < -0.4 is 0 Å². The molecule has 0 saturated carbocycles. The number of rotatable bonds is 2. The third-order valence-corrected chi connectivity index (χ3v) is 5.88. The standard InChI is InChI=1S/C14H20IN3O2/c1-8-12-10(18-6-3-4-11(18)14(19)20)5-7-17(12)9(2)16-13(8)15/h10-11,13H,3-7H2,1-2H3,(H,19,20). The summed E-state index contributed by atoms with van der Waals surface area (Å²) in [7, 11) is 0. The lowest BCUT2D eigenvalue weighted by molar-refractivity contribution is -0.142. The number of aliphatic carboxylic acids is 1. The van der Waals surface area contributed by atoms with Gasteiger partial charge in [0.1, 0.15) is 15.9 Å². The van der Waals surface area contributed by atoms with E-state index in [2.05, 4.69) is 51.2 Å². The van der Waals surface area contributed by atoms with E-state index in [1.54, 1.807) is 0 Å². The van der Waals surface area contributed by atoms with Crippen LogP contribution in [0, 0.1) is 0 Å². The topological polar surface area (TPSA) is 56.1 Å². The smallest absolute Gasteiger partial charge is 0.320 e. The van der Waals surface area contributed by atoms with E-state index >= 15 is 0 Å². The highest BCUT2D eigenvalue weighted by Gasteiger charge is 2.43. The minimum Gasteiger partial charge on any atom is -0.480 e. The Hall–Kier alpha value is -0.630. The van der Waals surface area contributed by atoms with Gasteiger partial charge in [0.2, 0.25) is 0 Å². The number of amidine groups is 1. The molecular formula is C14H20IN3O2. The quantitative estimate of drug-likeness (QED) is 0.447. The van der Waals surface area contributed by atoms with Crippen LogP contribution >= 0.6 is 22.6 Å². The summed E-state index contributed by atoms with van der Waals surface area (Å²) in [5.41, 5.74) is 2.60. The molecule has 0 aromatic carbocycles. The lowest BCUT2D eigenvalue weighted by Gasteiger charge is -2.35. The summed E-state index contributed by atoms with van der Waals surface area (Å²) < 4.78 is 0.185. The van der Waals surface area contributed by atoms with Gasteiger partial charge in [0.15, 0.2) is 0 Å². The van der Waals surface area contributed by atoms with Gasteiger partial charge in [-0.1, -0.05) is 22.6 Å². The van der Waals surface area contributed by atoms with Gasteiger partial charge < -0.3 is 10.0 Å². The van der Waals surface area contributed by atoms with Gasteiger partial charge >= 0.3 is 5.97 Å². The highest BCUT2D eigenvalue weighted by Crippen LogP contribution is 2.38. The minimum atomic E-state index is -0.675. The molecular weight excluding hydrogens is 369 g/mol. The molecule has 3 atom stereocenters. The molecule has 0 aliphatic carbocycles. The number of hydrogen-bond donors (Lipinski definition) is 1. The van der Waals surface area contributed by atoms with Gasteiger partial charge in [-0.2, -0.15) is 0 Å². The van der Waals surface area contributed by atoms with Crippen molar-refractivity contribution >= 4 is 34.4 Å². The molecule has 3 rings (SSSR count). The maximum absolute atomic E-state index is 11.4. The summed E-state index contributed by atoms with van der Waals surface area (Å²) in [5, 5.41) is 9.41. The van der Waals surface area contributed by atoms with Crippen molar-refractivity contribution in [3.8, 4) is 0 Å². The maximum atomic E-state index is 11.4. The summed E-state index contributed by atoms with van der Waals surface area (Å²) in [4.78, 5) is 20.6. The highest BCUT2D eigenvalue weighted by atomic mass is 127. The Bertz CT molecular complexity index is 503. The molecule has 0 aromatic heterocycles. The number of hydrogen-bond acceptors (Lipinski definition) is 4. The number of fused-ring (bicyclic) bond motifs is 1. The second-order valence-corrected chi connectivity index (χ2v) is 6.95. The van der Waals surface area contributed by atoms with Gasteiger partial charge in [0.05, 0.1) is 6.04 Å². The zero-order chi connectivity index (χ0) is 14.4. The van der Waals surface area contributed by atoms with Crippen LogP contribution in [-0.2, 0) is 4.79 Å². The Labute approximate surface area is 132 Å². The van der Waals surface area contributed by atoms with Crippen LogP contribution in [0.15, 0.2) is 16.3 Å². The van der Waals surface area contributed by atoms with Gasteiger partial charge in [-0.15, -0.1) is 0 Å². The summed E-state index contributed by atoms with van der Waals surface area (Å²) in [6, 6.07) is -0.0617. The number of aliphatic imine (C=N–C) groups is 1. The lowest BCUT2D eigenvalue weighted by Crippen LogP contribution is -2.45. The van der Waals surface area contributed by atoms with Crippen molar-refractivity contribution in [1.29, 1.82) is 0 Å². The fraction of sp³-hybridized carbons (Fsp3) is 0.714. The monoisotopic (exact) mass is 389 g/mol. The molecule has 1 N–H and O–H groups in total. The fourth-order valence-corrected chi connectivity index (χ4v) is 4.43. The van der Waals surface area contributed by atoms with Gasteiger partial charge in [-0.05, 0) is 45.2 Å². The Kier molecular flexibility index (Phi) is 3.79. The van der Waals surface area contributed by atoms with Gasteiger partial charge in [0, 0.05) is 12.2 Å². The second kappa shape index (κ2) is 5.29. The van der Waals surface area contributed by atoms with Gasteiger partial charge in [-0.25, -0.2) is 0 Å². The van der Waals surface area contributed by atoms with Crippen molar-refractivity contribution < 1.29 is 9.90 Å². The fourth-order valence-electron chi connectivity index (χ4n) is 3.70. The van der Waals surface area contributed by atoms with Crippen molar-refractivity contribution in [2.24, 2.45) is 4.99 Å². The number of carbonyl (C=O) groups is 1. The molecule has 2 fully saturated rings. The molecule has 0 amide bonds. The second-order valence-electron chi connectivity index (χ2n) is 5.77. The summed E-state index contributed by atoms with van der Waals surface area (Å²) in [6.07, 6.45) is 2.77. The molecule has 0 aromatic rings. The van der Waals surface area contributed by atoms with E-state index in [1.807, 2.05) is 0 Å². The molecule has 20 heavy (non-hydrogen) atoms. The first-order chi connectivity index (χ1) is 9.50. The number of halogens is 1. The van der Waals surface area contributed by atoms with Crippen molar-refractivity contribution in [3.05, 3.63) is 11.3 Å². The van der Waals surface area contributed by atoms with E-state index in [0.717, 1.165) is 38.2 Å². The average Bonchev–Trinajstić information content (AvgIpc) is 3.01. The van der Waals surface area contributed by atoms with Crippen LogP contribution in [0.4, 0.5) is 0 Å². The molecule has 110 valence electrons. The highest BCUT2D eigenvalue weighted by molar-refractivity contribution is 14.1. The first-order valence-electron chi connectivity index (χ1n) is 7.16. The van der Waals surface area contributed by atoms with E-state index in [0.29, 0.717) is 0 Å². The molecule has 3 aliphatic rings. The van der Waals surface area contributed by atoms with Crippen molar-refractivity contribution in [2.75, 3.05) is 13.1 Å². The Balaban J connectivity index is 1.92. The third kappa shape index (κ3) is 2.16. The number of carboxylic acids is 1. The summed E-state index contributed by atoms with van der Waals surface area (Å²) in [6.45, 7) is 6.05. The van der Waals surface area contributed by atoms with E-state index in [4.69, 9.17) is 0 Å². The minimum absolute atomic E-state index is 0.185. The van der Waals surface area contributed by atoms with Gasteiger partial charge in [0.25, 0.3) is 0 Å². The van der Waals surface area contributed by atoms with Crippen LogP contribution in [0.5, 0.6) is 0 Å². The maximum Gasteiger partial charge on any atom is 0.320 e. The van der Waals surface area contributed by atoms with Crippen LogP contribution in [0.2, 0.25) is 0 Å². The van der Waals surface area contributed by atoms with E-state index in [-0.39, 0.29) is 16.1 Å². The average molecular weight is 389 g/mol. The van der Waals surface area contributed by atoms with E-state index in [9.17, 15) is 9.90 Å². The largest absolute Gasteiger partial charge is 0.480 e. The van der Waals surface area contributed by atoms with Crippen LogP contribution in [0.3, 0.4) is 0 Å². The normalized spacial score (nSPS) is 34.5. The number of nitrogens with zero attached hydrogens (tertiary/aromatic N) is 3. The van der Waals surface area contributed by atoms with Crippen molar-refractivity contribution in [3.63, 3.8) is 0 Å². The molecule has 0 spiro atoms. The van der Waals surface area contributed by atoms with Crippen LogP contribution in [0.25, 0.3) is 0 Å². The SMILES string of the molecule is CC1=NC(I)C(C)=C2C(N3CCCC3C(=O)O)CCN12. The molecule has 6 heteroatoms. The third-order valence-electron chi connectivity index (χ3n) is 4.66. The number of likely N-dealkylation sites (tertiary alicyclic amines) is 1. The van der Waals surface area contributed by atoms with Gasteiger partial charge in [-0.3, -0.25) is 14.7 Å². The molecule has 3 heterocycles. The van der Waals surface area contributed by atoms with Crippen LogP contribution in [-0.4, -0.2) is 55.9 Å². The van der Waals surface area contributed by atoms with E-state index < -0.39 is 5.97 Å². The molecule has 0 bridgehead atoms. The zero-order valence-electron chi connectivity index (χ0n) is 11.8. The lowest BCUT2D eigenvalue weighted by atomic mass is 10.1. The molecule has 3 unspecified atom stereocenters. The first-order valence-corrected chi connectivity index (χ1v) is 8.40. The molecule has 5 nitrogen and oxygen atoms in total. The Morgan fingerprint density at radius 3 is 2.80 bits per heavy atom. The first kappa shape index (κ1) is 14.3. The van der Waals surface area contributed by atoms with E-state index in [1.165, 1.54) is 11.3 Å². The number of carboxylic acid groups (broad SMARTS) is 1. The molecule has 2 saturated heterocycles. The summed E-state index contributed by atoms with van der Waals surface area (Å²) in [5.74, 6) is 0.394. The summed E-state index contributed by atoms with van der Waals surface area (Å²) >= 11 is 2.36. The zero-order valence-corrected chi connectivity index (χ0v) is 14.0. The Morgan fingerprint density at radius 1 is 1.35 bits per heavy atom. The van der Waals surface area contributed by atoms with Crippen LogP contribution in [0.1, 0.15) is 33.1 Å². The molecule has 0 radical (unpaired) electrons. The predicted molar refractivity (Wildman–Crippen MR) is 86.1 cm³/mol. The van der Waals surface area contributed by atoms with Crippen molar-refractivity contribution in [1.82, 2.24) is 9.80 Å². The predicted octanol–water partition coefficient (Wildman–Crippen LogP) is 2.08. The molecule has 3 aliphatic heterocycles. The Morgan fingerprint density at radius 2 is 2.10 bits per heavy atom. The van der Waals surface area contributed by atoms with Crippen molar-refractivity contribution in [2.45, 2.75) is 49.2 Å².